The zero-order chi connectivity index (χ0) is 13.3. The van der Waals surface area contributed by atoms with Gasteiger partial charge in [0.05, 0.1) is 0 Å². The third kappa shape index (κ3) is 3.01. The zero-order valence-corrected chi connectivity index (χ0v) is 12.2. The van der Waals surface area contributed by atoms with Crippen molar-refractivity contribution in [3.63, 3.8) is 0 Å². The van der Waals surface area contributed by atoms with Crippen LogP contribution in [0, 0.1) is 11.3 Å². The molecule has 1 aromatic heterocycles. The van der Waals surface area contributed by atoms with Crippen molar-refractivity contribution in [1.29, 1.82) is 0 Å². The number of anilines is 1. The second-order valence-electron chi connectivity index (χ2n) is 6.48. The van der Waals surface area contributed by atoms with Gasteiger partial charge in [-0.1, -0.05) is 27.7 Å². The van der Waals surface area contributed by atoms with Crippen molar-refractivity contribution in [3.05, 3.63) is 17.6 Å². The number of rotatable bonds is 5. The molecule has 0 aromatic carbocycles. The molecule has 0 saturated heterocycles. The zero-order valence-electron chi connectivity index (χ0n) is 12.2. The molecule has 0 amide bonds. The summed E-state index contributed by atoms with van der Waals surface area (Å²) in [5.41, 5.74) is 1.56. The Morgan fingerprint density at radius 2 is 2.06 bits per heavy atom. The summed E-state index contributed by atoms with van der Waals surface area (Å²) >= 11 is 0. The highest BCUT2D eigenvalue weighted by atomic mass is 15.0. The molecule has 1 aliphatic carbocycles. The third-order valence-electron chi connectivity index (χ3n) is 3.60. The Kier molecular flexibility index (Phi) is 3.60. The molecule has 1 saturated carbocycles. The molecule has 0 aliphatic heterocycles. The minimum Gasteiger partial charge on any atom is -0.370 e. The summed E-state index contributed by atoms with van der Waals surface area (Å²) in [6, 6.07) is 2.10. The Balaban J connectivity index is 2.25. The van der Waals surface area contributed by atoms with Crippen LogP contribution in [-0.4, -0.2) is 16.5 Å². The molecule has 1 unspecified atom stereocenters. The van der Waals surface area contributed by atoms with Crippen molar-refractivity contribution in [2.45, 2.75) is 53.4 Å². The molecule has 1 atom stereocenters. The van der Waals surface area contributed by atoms with E-state index in [1.165, 1.54) is 12.1 Å². The van der Waals surface area contributed by atoms with Crippen molar-refractivity contribution in [3.8, 4) is 0 Å². The smallest absolute Gasteiger partial charge is 0.134 e. The Hall–Kier alpha value is -1.12. The van der Waals surface area contributed by atoms with Crippen molar-refractivity contribution in [2.75, 3.05) is 11.9 Å². The normalized spacial score (nSPS) is 21.1. The van der Waals surface area contributed by atoms with E-state index in [-0.39, 0.29) is 0 Å². The maximum absolute atomic E-state index is 4.76. The summed E-state index contributed by atoms with van der Waals surface area (Å²) in [5.74, 6) is 3.20. The van der Waals surface area contributed by atoms with Gasteiger partial charge in [-0.15, -0.1) is 0 Å². The molecular weight excluding hydrogens is 222 g/mol. The van der Waals surface area contributed by atoms with Crippen molar-refractivity contribution >= 4 is 5.82 Å². The molecule has 0 spiro atoms. The van der Waals surface area contributed by atoms with E-state index in [1.54, 1.807) is 0 Å². The second kappa shape index (κ2) is 4.87. The highest BCUT2D eigenvalue weighted by Gasteiger charge is 2.48. The highest BCUT2D eigenvalue weighted by molar-refractivity contribution is 5.37. The number of nitrogens with one attached hydrogen (secondary N) is 1. The third-order valence-corrected chi connectivity index (χ3v) is 3.60. The molecule has 18 heavy (non-hydrogen) atoms. The lowest BCUT2D eigenvalue weighted by molar-refractivity contribution is 0.598. The van der Waals surface area contributed by atoms with Gasteiger partial charge in [0, 0.05) is 24.2 Å². The fraction of sp³-hybridized carbons (Fsp3) is 0.733. The Morgan fingerprint density at radius 3 is 2.56 bits per heavy atom. The summed E-state index contributed by atoms with van der Waals surface area (Å²) in [4.78, 5) is 9.43. The first-order chi connectivity index (χ1) is 8.42. The predicted molar refractivity (Wildman–Crippen MR) is 75.9 cm³/mol. The Morgan fingerprint density at radius 1 is 1.39 bits per heavy atom. The summed E-state index contributed by atoms with van der Waals surface area (Å²) in [5, 5.41) is 3.32. The lowest BCUT2D eigenvalue weighted by Crippen LogP contribution is -2.08. The minimum atomic E-state index is 0.389. The number of hydrogen-bond acceptors (Lipinski definition) is 3. The molecule has 1 N–H and O–H groups in total. The van der Waals surface area contributed by atoms with Gasteiger partial charge in [0.2, 0.25) is 0 Å². The van der Waals surface area contributed by atoms with Gasteiger partial charge >= 0.3 is 0 Å². The average Bonchev–Trinajstić information content (AvgIpc) is 2.87. The van der Waals surface area contributed by atoms with Crippen LogP contribution < -0.4 is 5.32 Å². The number of nitrogens with zero attached hydrogens (tertiary/aromatic N) is 2. The van der Waals surface area contributed by atoms with Crippen molar-refractivity contribution in [1.82, 2.24) is 9.97 Å². The summed E-state index contributed by atoms with van der Waals surface area (Å²) < 4.78 is 0. The fourth-order valence-corrected chi connectivity index (χ4v) is 2.38. The molecule has 1 heterocycles. The molecule has 2 rings (SSSR count). The van der Waals surface area contributed by atoms with Gasteiger partial charge in [0.1, 0.15) is 11.6 Å². The SMILES string of the molecule is CCNc1cc(CC(C)C)nc(C2CC2(C)C)n1. The van der Waals surface area contributed by atoms with Crippen LogP contribution in [0.3, 0.4) is 0 Å². The first-order valence-corrected chi connectivity index (χ1v) is 7.04. The van der Waals surface area contributed by atoms with Crippen LogP contribution in [0.1, 0.15) is 58.5 Å². The standard InChI is InChI=1S/C15H25N3/c1-6-16-13-8-11(7-10(2)3)17-14(18-13)12-9-15(12,4)5/h8,10,12H,6-7,9H2,1-5H3,(H,16,17,18). The summed E-state index contributed by atoms with van der Waals surface area (Å²) in [6.45, 7) is 12.1. The van der Waals surface area contributed by atoms with Crippen LogP contribution in [-0.2, 0) is 6.42 Å². The van der Waals surface area contributed by atoms with E-state index in [0.717, 1.165) is 24.6 Å². The number of hydrogen-bond donors (Lipinski definition) is 1. The van der Waals surface area contributed by atoms with Crippen LogP contribution in [0.2, 0.25) is 0 Å². The van der Waals surface area contributed by atoms with Gasteiger partial charge in [0.25, 0.3) is 0 Å². The van der Waals surface area contributed by atoms with E-state index >= 15 is 0 Å². The fourth-order valence-electron chi connectivity index (χ4n) is 2.38. The summed E-state index contributed by atoms with van der Waals surface area (Å²) in [7, 11) is 0. The first-order valence-electron chi connectivity index (χ1n) is 7.04. The second-order valence-corrected chi connectivity index (χ2v) is 6.48. The molecular formula is C15H25N3. The molecule has 3 heteroatoms. The Bertz CT molecular complexity index is 424. The van der Waals surface area contributed by atoms with Gasteiger partial charge in [-0.3, -0.25) is 0 Å². The quantitative estimate of drug-likeness (QED) is 0.863. The van der Waals surface area contributed by atoms with Crippen LogP contribution in [0.5, 0.6) is 0 Å². The van der Waals surface area contributed by atoms with Gasteiger partial charge in [-0.25, -0.2) is 9.97 Å². The first kappa shape index (κ1) is 13.3. The van der Waals surface area contributed by atoms with Crippen LogP contribution in [0.4, 0.5) is 5.82 Å². The van der Waals surface area contributed by atoms with Gasteiger partial charge in [-0.05, 0) is 31.1 Å². The lowest BCUT2D eigenvalue weighted by Gasteiger charge is -2.11. The van der Waals surface area contributed by atoms with E-state index < -0.39 is 0 Å². The summed E-state index contributed by atoms with van der Waals surface area (Å²) in [6.07, 6.45) is 2.24. The molecule has 1 fully saturated rings. The van der Waals surface area contributed by atoms with Gasteiger partial charge in [0.15, 0.2) is 0 Å². The molecule has 0 radical (unpaired) electrons. The average molecular weight is 247 g/mol. The van der Waals surface area contributed by atoms with E-state index in [1.807, 2.05) is 0 Å². The van der Waals surface area contributed by atoms with Crippen molar-refractivity contribution < 1.29 is 0 Å². The Labute approximate surface area is 110 Å². The van der Waals surface area contributed by atoms with Gasteiger partial charge in [-0.2, -0.15) is 0 Å². The molecule has 3 nitrogen and oxygen atoms in total. The minimum absolute atomic E-state index is 0.389. The lowest BCUT2D eigenvalue weighted by atomic mass is 10.1. The van der Waals surface area contributed by atoms with Crippen LogP contribution in [0.15, 0.2) is 6.07 Å². The van der Waals surface area contributed by atoms with E-state index in [9.17, 15) is 0 Å². The molecule has 1 aliphatic rings. The van der Waals surface area contributed by atoms with E-state index in [4.69, 9.17) is 4.98 Å². The molecule has 100 valence electrons. The van der Waals surface area contributed by atoms with Crippen LogP contribution in [0.25, 0.3) is 0 Å². The van der Waals surface area contributed by atoms with Gasteiger partial charge < -0.3 is 5.32 Å². The monoisotopic (exact) mass is 247 g/mol. The molecule has 0 bridgehead atoms. The van der Waals surface area contributed by atoms with E-state index in [2.05, 4.69) is 51.0 Å². The maximum Gasteiger partial charge on any atom is 0.134 e. The van der Waals surface area contributed by atoms with E-state index in [0.29, 0.717) is 17.3 Å². The van der Waals surface area contributed by atoms with Crippen LogP contribution >= 0.6 is 0 Å². The molecule has 1 aromatic rings. The maximum atomic E-state index is 4.76. The highest BCUT2D eigenvalue weighted by Crippen LogP contribution is 2.57. The largest absolute Gasteiger partial charge is 0.370 e. The predicted octanol–water partition coefficient (Wildman–Crippen LogP) is 3.62. The topological polar surface area (TPSA) is 37.8 Å². The van der Waals surface area contributed by atoms with Crippen molar-refractivity contribution in [2.24, 2.45) is 11.3 Å². The number of aromatic nitrogens is 2.